The van der Waals surface area contributed by atoms with Crippen molar-refractivity contribution in [2.75, 3.05) is 25.4 Å². The van der Waals surface area contributed by atoms with E-state index in [9.17, 15) is 29.6 Å². The number of rotatable bonds is 13. The van der Waals surface area contributed by atoms with Gasteiger partial charge in [0.25, 0.3) is 5.69 Å². The molecular formula is C28H34N3O7S+. The van der Waals surface area contributed by atoms with Gasteiger partial charge < -0.3 is 14.3 Å². The van der Waals surface area contributed by atoms with Crippen molar-refractivity contribution in [3.8, 4) is 0 Å². The van der Waals surface area contributed by atoms with Gasteiger partial charge >= 0.3 is 5.97 Å². The first kappa shape index (κ1) is 29.9. The van der Waals surface area contributed by atoms with Crippen LogP contribution in [0.4, 0.5) is 5.69 Å². The average Bonchev–Trinajstić information content (AvgIpc) is 2.95. The molecule has 2 aromatic carbocycles. The Hall–Kier alpha value is -3.70. The molecule has 0 saturated carbocycles. The first-order valence-corrected chi connectivity index (χ1v) is 13.9. The van der Waals surface area contributed by atoms with E-state index in [4.69, 9.17) is 4.74 Å². The van der Waals surface area contributed by atoms with Crippen LogP contribution in [0.1, 0.15) is 49.5 Å². The molecule has 0 bridgehead atoms. The number of hydrogen-bond donors (Lipinski definition) is 1. The average molecular weight is 557 g/mol. The number of hydrogen-bond acceptors (Lipinski definition) is 8. The number of nitro benzene ring substituents is 1. The summed E-state index contributed by atoms with van der Waals surface area (Å²) in [5.74, 6) is -1.29. The Kier molecular flexibility index (Phi) is 10.2. The number of nitrogens with zero attached hydrogens (tertiary/aromatic N) is 3. The van der Waals surface area contributed by atoms with E-state index in [1.807, 2.05) is 26.8 Å². The van der Waals surface area contributed by atoms with Crippen LogP contribution in [0.2, 0.25) is 0 Å². The number of aliphatic hydroxyl groups excluding tert-OH is 1. The zero-order valence-corrected chi connectivity index (χ0v) is 23.2. The highest BCUT2D eigenvalue weighted by atomic mass is 32.2. The van der Waals surface area contributed by atoms with Gasteiger partial charge in [-0.3, -0.25) is 24.6 Å². The SMILES string of the molecule is CC[N+](CC)(CC)C1CC(=O)N1/C(C(=O)OCc1ccc([N+](=O)[O-])cc1)=C(/O)CCSC(=O)c1ccccc1. The number of aliphatic hydroxyl groups is 1. The summed E-state index contributed by atoms with van der Waals surface area (Å²) in [6.07, 6.45) is -0.116. The number of non-ortho nitro benzene ring substituents is 1. The molecule has 1 heterocycles. The number of likely N-dealkylation sites (tertiary alicyclic amines) is 1. The Morgan fingerprint density at radius 2 is 1.69 bits per heavy atom. The molecule has 0 aromatic heterocycles. The summed E-state index contributed by atoms with van der Waals surface area (Å²) in [7, 11) is 0. The molecule has 1 atom stereocenters. The van der Waals surface area contributed by atoms with Crippen LogP contribution in [0.25, 0.3) is 0 Å². The molecule has 2 aromatic rings. The van der Waals surface area contributed by atoms with E-state index in [1.54, 1.807) is 24.3 Å². The van der Waals surface area contributed by atoms with Crippen LogP contribution < -0.4 is 0 Å². The Labute approximate surface area is 232 Å². The zero-order valence-electron chi connectivity index (χ0n) is 22.4. The molecular weight excluding hydrogens is 522 g/mol. The fourth-order valence-corrected chi connectivity index (χ4v) is 5.50. The van der Waals surface area contributed by atoms with Crippen molar-refractivity contribution in [3.63, 3.8) is 0 Å². The molecule has 3 rings (SSSR count). The van der Waals surface area contributed by atoms with Crippen LogP contribution in [-0.2, 0) is 20.9 Å². The van der Waals surface area contributed by atoms with Crippen molar-refractivity contribution in [2.45, 2.75) is 46.4 Å². The maximum Gasteiger partial charge on any atom is 0.359 e. The molecule has 11 heteroatoms. The highest BCUT2D eigenvalue weighted by molar-refractivity contribution is 8.14. The predicted molar refractivity (Wildman–Crippen MR) is 148 cm³/mol. The van der Waals surface area contributed by atoms with E-state index in [2.05, 4.69) is 0 Å². The van der Waals surface area contributed by atoms with E-state index in [1.165, 1.54) is 29.2 Å². The quantitative estimate of drug-likeness (QED) is 0.0709. The molecule has 1 amide bonds. The van der Waals surface area contributed by atoms with Gasteiger partial charge in [0.05, 0.1) is 24.6 Å². The third-order valence-corrected chi connectivity index (χ3v) is 8.16. The van der Waals surface area contributed by atoms with Crippen molar-refractivity contribution in [1.82, 2.24) is 4.90 Å². The number of carbonyl (C=O) groups excluding carboxylic acids is 3. The summed E-state index contributed by atoms with van der Waals surface area (Å²) in [5.41, 5.74) is 0.739. The molecule has 1 fully saturated rings. The number of amides is 1. The van der Waals surface area contributed by atoms with Gasteiger partial charge in [-0.2, -0.15) is 0 Å². The first-order valence-electron chi connectivity index (χ1n) is 12.9. The maximum atomic E-state index is 13.3. The number of carbonyl (C=O) groups is 3. The molecule has 0 radical (unpaired) electrons. The lowest BCUT2D eigenvalue weighted by Gasteiger charge is -2.52. The number of allylic oxidation sites excluding steroid dienone is 1. The third kappa shape index (κ3) is 6.85. The third-order valence-electron chi connectivity index (χ3n) is 7.25. The number of ether oxygens (including phenoxy) is 1. The molecule has 1 aliphatic heterocycles. The monoisotopic (exact) mass is 556 g/mol. The molecule has 1 saturated heterocycles. The van der Waals surface area contributed by atoms with Crippen LogP contribution in [0.15, 0.2) is 66.1 Å². The van der Waals surface area contributed by atoms with E-state index in [0.717, 1.165) is 31.4 Å². The van der Waals surface area contributed by atoms with Crippen molar-refractivity contribution in [2.24, 2.45) is 0 Å². The lowest BCUT2D eigenvalue weighted by atomic mass is 10.0. The van der Waals surface area contributed by atoms with Crippen LogP contribution in [-0.4, -0.2) is 68.0 Å². The second kappa shape index (κ2) is 13.4. The maximum absolute atomic E-state index is 13.3. The van der Waals surface area contributed by atoms with Gasteiger partial charge in [0.15, 0.2) is 11.9 Å². The summed E-state index contributed by atoms with van der Waals surface area (Å²) >= 11 is 1.01. The number of nitro groups is 1. The molecule has 39 heavy (non-hydrogen) atoms. The van der Waals surface area contributed by atoms with Gasteiger partial charge in [-0.25, -0.2) is 4.79 Å². The van der Waals surface area contributed by atoms with Crippen molar-refractivity contribution in [1.29, 1.82) is 0 Å². The number of β-lactam (4-membered cyclic amide) rings is 1. The molecule has 1 aliphatic rings. The second-order valence-corrected chi connectivity index (χ2v) is 10.2. The molecule has 208 valence electrons. The molecule has 10 nitrogen and oxygen atoms in total. The smallest absolute Gasteiger partial charge is 0.359 e. The molecule has 1 N–H and O–H groups in total. The van der Waals surface area contributed by atoms with E-state index < -0.39 is 10.9 Å². The molecule has 1 unspecified atom stereocenters. The minimum absolute atomic E-state index is 0.0217. The van der Waals surface area contributed by atoms with Crippen molar-refractivity contribution in [3.05, 3.63) is 87.3 Å². The fourth-order valence-electron chi connectivity index (χ4n) is 4.72. The van der Waals surface area contributed by atoms with E-state index in [0.29, 0.717) is 15.6 Å². The van der Waals surface area contributed by atoms with E-state index >= 15 is 0 Å². The summed E-state index contributed by atoms with van der Waals surface area (Å²) in [4.78, 5) is 50.4. The van der Waals surface area contributed by atoms with Gasteiger partial charge in [-0.05, 0) is 38.5 Å². The minimum Gasteiger partial charge on any atom is -0.510 e. The van der Waals surface area contributed by atoms with Gasteiger partial charge in [0.2, 0.25) is 11.0 Å². The van der Waals surface area contributed by atoms with Crippen molar-refractivity contribution < 1.29 is 33.6 Å². The van der Waals surface area contributed by atoms with Crippen LogP contribution >= 0.6 is 11.8 Å². The van der Waals surface area contributed by atoms with Gasteiger partial charge in [0, 0.05) is 29.9 Å². The molecule has 0 spiro atoms. The van der Waals surface area contributed by atoms with Gasteiger partial charge in [-0.1, -0.05) is 42.1 Å². The highest BCUT2D eigenvalue weighted by Gasteiger charge is 2.52. The largest absolute Gasteiger partial charge is 0.510 e. The summed E-state index contributed by atoms with van der Waals surface area (Å²) in [6, 6.07) is 14.3. The van der Waals surface area contributed by atoms with Crippen LogP contribution in [0.5, 0.6) is 0 Å². The Bertz CT molecular complexity index is 1220. The van der Waals surface area contributed by atoms with E-state index in [-0.39, 0.29) is 59.5 Å². The number of esters is 1. The zero-order chi connectivity index (χ0) is 28.6. The van der Waals surface area contributed by atoms with Gasteiger partial charge in [0.1, 0.15) is 18.8 Å². The minimum atomic E-state index is -0.871. The highest BCUT2D eigenvalue weighted by Crippen LogP contribution is 2.35. The Balaban J connectivity index is 1.83. The van der Waals surface area contributed by atoms with Crippen LogP contribution in [0, 0.1) is 10.1 Å². The number of thioether (sulfide) groups is 1. The normalized spacial score (nSPS) is 15.8. The van der Waals surface area contributed by atoms with Gasteiger partial charge in [-0.15, -0.1) is 0 Å². The lowest BCUT2D eigenvalue weighted by molar-refractivity contribution is -0.958. The first-order chi connectivity index (χ1) is 18.7. The second-order valence-electron chi connectivity index (χ2n) is 9.16. The van der Waals surface area contributed by atoms with Crippen LogP contribution in [0.3, 0.4) is 0 Å². The predicted octanol–water partition coefficient (Wildman–Crippen LogP) is 4.81. The molecule has 0 aliphatic carbocycles. The summed E-state index contributed by atoms with van der Waals surface area (Å²) < 4.78 is 6.03. The summed E-state index contributed by atoms with van der Waals surface area (Å²) in [5, 5.41) is 21.8. The lowest BCUT2D eigenvalue weighted by Crippen LogP contribution is -2.70. The fraction of sp³-hybridized carbons (Fsp3) is 0.393. The topological polar surface area (TPSA) is 127 Å². The van der Waals surface area contributed by atoms with Crippen molar-refractivity contribution >= 4 is 34.4 Å². The summed E-state index contributed by atoms with van der Waals surface area (Å²) in [6.45, 7) is 8.07. The Morgan fingerprint density at radius 3 is 2.23 bits per heavy atom. The number of quaternary nitrogens is 1. The number of benzene rings is 2. The standard InChI is InChI=1S/C28H33N3O7S/c1-4-31(5-2,6-3)24-18-25(33)29(24)26(23(32)16-17-39-28(35)21-10-8-7-9-11-21)27(34)38-19-20-12-14-22(15-13-20)30(36)37/h7-15,24H,4-6,16-19H2,1-3H3/p+1. The Morgan fingerprint density at radius 1 is 1.08 bits per heavy atom.